The van der Waals surface area contributed by atoms with Crippen molar-refractivity contribution in [3.8, 4) is 6.07 Å². The lowest BCUT2D eigenvalue weighted by molar-refractivity contribution is 0.190. The Morgan fingerprint density at radius 1 is 1.50 bits per heavy atom. The van der Waals surface area contributed by atoms with E-state index in [-0.39, 0.29) is 0 Å². The minimum absolute atomic E-state index is 0.393. The van der Waals surface area contributed by atoms with E-state index in [1.165, 1.54) is 0 Å². The van der Waals surface area contributed by atoms with Crippen LogP contribution in [-0.4, -0.2) is 40.5 Å². The lowest BCUT2D eigenvalue weighted by Crippen LogP contribution is -2.42. The van der Waals surface area contributed by atoms with Crippen molar-refractivity contribution in [2.75, 3.05) is 18.9 Å². The number of aromatic nitrogens is 2. The Hall–Kier alpha value is -1.67. The van der Waals surface area contributed by atoms with Gasteiger partial charge in [0.25, 0.3) is 0 Å². The molecule has 1 fully saturated rings. The van der Waals surface area contributed by atoms with Crippen LogP contribution in [0, 0.1) is 18.3 Å². The molecule has 1 aromatic heterocycles. The van der Waals surface area contributed by atoms with Crippen LogP contribution in [0.25, 0.3) is 0 Å². The van der Waals surface area contributed by atoms with E-state index >= 15 is 0 Å². The lowest BCUT2D eigenvalue weighted by Gasteiger charge is -2.35. The van der Waals surface area contributed by atoms with Crippen LogP contribution in [0.1, 0.15) is 31.2 Å². The first-order chi connectivity index (χ1) is 8.58. The van der Waals surface area contributed by atoms with Gasteiger partial charge in [-0.05, 0) is 39.8 Å². The Morgan fingerprint density at radius 2 is 2.28 bits per heavy atom. The molecule has 0 saturated carbocycles. The van der Waals surface area contributed by atoms with Gasteiger partial charge in [0.05, 0.1) is 0 Å². The van der Waals surface area contributed by atoms with Crippen molar-refractivity contribution >= 4 is 5.95 Å². The van der Waals surface area contributed by atoms with Gasteiger partial charge in [-0.3, -0.25) is 0 Å². The van der Waals surface area contributed by atoms with E-state index in [1.54, 1.807) is 6.07 Å². The topological polar surface area (TPSA) is 64.8 Å². The minimum Gasteiger partial charge on any atom is -0.351 e. The second kappa shape index (κ2) is 5.32. The van der Waals surface area contributed by atoms with Crippen LogP contribution in [0.2, 0.25) is 0 Å². The predicted molar refractivity (Wildman–Crippen MR) is 70.2 cm³/mol. The standard InChI is InChI=1S/C13H19N5/c1-9-6-12(8-14)17-13(15-9)16-11-4-5-18(3)10(2)7-11/h6,10-11H,4-5,7H2,1-3H3,(H,15,16,17). The van der Waals surface area contributed by atoms with E-state index in [0.717, 1.165) is 25.1 Å². The fourth-order valence-electron chi connectivity index (χ4n) is 2.29. The quantitative estimate of drug-likeness (QED) is 0.856. The largest absolute Gasteiger partial charge is 0.351 e. The first kappa shape index (κ1) is 12.8. The molecule has 2 atom stereocenters. The van der Waals surface area contributed by atoms with Crippen LogP contribution in [-0.2, 0) is 0 Å². The van der Waals surface area contributed by atoms with Gasteiger partial charge < -0.3 is 10.2 Å². The average Bonchev–Trinajstić information content (AvgIpc) is 2.33. The zero-order valence-corrected chi connectivity index (χ0v) is 11.1. The number of hydrogen-bond acceptors (Lipinski definition) is 5. The number of rotatable bonds is 2. The minimum atomic E-state index is 0.393. The molecule has 1 aromatic rings. The normalized spacial score (nSPS) is 24.6. The molecule has 0 bridgehead atoms. The van der Waals surface area contributed by atoms with Gasteiger partial charge >= 0.3 is 0 Å². The molecule has 0 amide bonds. The molecule has 96 valence electrons. The molecule has 1 aliphatic heterocycles. The maximum Gasteiger partial charge on any atom is 0.224 e. The van der Waals surface area contributed by atoms with Gasteiger partial charge in [-0.1, -0.05) is 0 Å². The van der Waals surface area contributed by atoms with Crippen molar-refractivity contribution in [3.63, 3.8) is 0 Å². The lowest BCUT2D eigenvalue weighted by atomic mass is 9.99. The van der Waals surface area contributed by atoms with Crippen molar-refractivity contribution in [1.82, 2.24) is 14.9 Å². The van der Waals surface area contributed by atoms with E-state index < -0.39 is 0 Å². The highest BCUT2D eigenvalue weighted by Crippen LogP contribution is 2.18. The molecule has 0 spiro atoms. The summed E-state index contributed by atoms with van der Waals surface area (Å²) in [6.07, 6.45) is 2.16. The van der Waals surface area contributed by atoms with E-state index in [2.05, 4.69) is 40.2 Å². The number of nitrogens with one attached hydrogen (secondary N) is 1. The van der Waals surface area contributed by atoms with Crippen molar-refractivity contribution in [2.45, 2.75) is 38.8 Å². The van der Waals surface area contributed by atoms with Gasteiger partial charge in [0.2, 0.25) is 5.95 Å². The highest BCUT2D eigenvalue weighted by molar-refractivity contribution is 5.34. The molecule has 1 aliphatic rings. The third-order valence-corrected chi connectivity index (χ3v) is 3.51. The molecule has 0 aliphatic carbocycles. The van der Waals surface area contributed by atoms with Crippen molar-refractivity contribution in [1.29, 1.82) is 5.26 Å². The summed E-state index contributed by atoms with van der Waals surface area (Å²) in [7, 11) is 2.15. The molecule has 2 unspecified atom stereocenters. The van der Waals surface area contributed by atoms with Gasteiger partial charge in [-0.2, -0.15) is 5.26 Å². The zero-order valence-electron chi connectivity index (χ0n) is 11.1. The second-order valence-corrected chi connectivity index (χ2v) is 5.03. The summed E-state index contributed by atoms with van der Waals surface area (Å²) in [5.41, 5.74) is 1.25. The first-order valence-electron chi connectivity index (χ1n) is 6.31. The SMILES string of the molecule is Cc1cc(C#N)nc(NC2CCN(C)C(C)C2)n1. The molecular weight excluding hydrogens is 226 g/mol. The van der Waals surface area contributed by atoms with Crippen LogP contribution >= 0.6 is 0 Å². The molecule has 0 aromatic carbocycles. The predicted octanol–water partition coefficient (Wildman–Crippen LogP) is 1.55. The molecule has 2 heterocycles. The van der Waals surface area contributed by atoms with Crippen LogP contribution in [0.5, 0.6) is 0 Å². The summed E-state index contributed by atoms with van der Waals surface area (Å²) in [6, 6.07) is 4.72. The smallest absolute Gasteiger partial charge is 0.224 e. The molecule has 0 radical (unpaired) electrons. The number of aryl methyl sites for hydroxylation is 1. The Labute approximate surface area is 108 Å². The third-order valence-electron chi connectivity index (χ3n) is 3.51. The van der Waals surface area contributed by atoms with Crippen LogP contribution in [0.3, 0.4) is 0 Å². The van der Waals surface area contributed by atoms with E-state index in [1.807, 2.05) is 6.92 Å². The van der Waals surface area contributed by atoms with E-state index in [0.29, 0.717) is 23.7 Å². The summed E-state index contributed by atoms with van der Waals surface area (Å²) in [4.78, 5) is 10.9. The molecule has 18 heavy (non-hydrogen) atoms. The van der Waals surface area contributed by atoms with Crippen molar-refractivity contribution < 1.29 is 0 Å². The summed E-state index contributed by atoms with van der Waals surface area (Å²) in [5.74, 6) is 0.577. The summed E-state index contributed by atoms with van der Waals surface area (Å²) in [6.45, 7) is 5.19. The molecule has 1 saturated heterocycles. The monoisotopic (exact) mass is 245 g/mol. The average molecular weight is 245 g/mol. The molecule has 2 rings (SSSR count). The fourth-order valence-corrected chi connectivity index (χ4v) is 2.29. The van der Waals surface area contributed by atoms with Crippen LogP contribution in [0.15, 0.2) is 6.07 Å². The summed E-state index contributed by atoms with van der Waals surface area (Å²) < 4.78 is 0. The Balaban J connectivity index is 2.06. The Bertz CT molecular complexity index is 465. The molecule has 5 heteroatoms. The highest BCUT2D eigenvalue weighted by atomic mass is 15.2. The van der Waals surface area contributed by atoms with Gasteiger partial charge in [0.1, 0.15) is 11.8 Å². The third kappa shape index (κ3) is 2.96. The number of likely N-dealkylation sites (tertiary alicyclic amines) is 1. The first-order valence-corrected chi connectivity index (χ1v) is 6.31. The number of nitrogens with zero attached hydrogens (tertiary/aromatic N) is 4. The van der Waals surface area contributed by atoms with Crippen molar-refractivity contribution in [2.24, 2.45) is 0 Å². The molecule has 1 N–H and O–H groups in total. The highest BCUT2D eigenvalue weighted by Gasteiger charge is 2.23. The Morgan fingerprint density at radius 3 is 2.94 bits per heavy atom. The van der Waals surface area contributed by atoms with Gasteiger partial charge in [-0.15, -0.1) is 0 Å². The number of hydrogen-bond donors (Lipinski definition) is 1. The van der Waals surface area contributed by atoms with Crippen LogP contribution in [0.4, 0.5) is 5.95 Å². The van der Waals surface area contributed by atoms with E-state index in [9.17, 15) is 0 Å². The number of nitriles is 1. The molecule has 5 nitrogen and oxygen atoms in total. The van der Waals surface area contributed by atoms with Gasteiger partial charge in [0.15, 0.2) is 0 Å². The summed E-state index contributed by atoms with van der Waals surface area (Å²) in [5, 5.41) is 12.2. The van der Waals surface area contributed by atoms with Crippen molar-refractivity contribution in [3.05, 3.63) is 17.5 Å². The second-order valence-electron chi connectivity index (χ2n) is 5.03. The van der Waals surface area contributed by atoms with Crippen LogP contribution < -0.4 is 5.32 Å². The van der Waals surface area contributed by atoms with E-state index in [4.69, 9.17) is 5.26 Å². The maximum atomic E-state index is 8.89. The Kier molecular flexibility index (Phi) is 3.78. The number of anilines is 1. The molecular formula is C13H19N5. The maximum absolute atomic E-state index is 8.89. The summed E-state index contributed by atoms with van der Waals surface area (Å²) >= 11 is 0. The zero-order chi connectivity index (χ0) is 13.1. The van der Waals surface area contributed by atoms with Gasteiger partial charge in [-0.25, -0.2) is 9.97 Å². The fraction of sp³-hybridized carbons (Fsp3) is 0.615. The van der Waals surface area contributed by atoms with Gasteiger partial charge in [0, 0.05) is 24.3 Å². The number of piperidine rings is 1.